The molecule has 1 fully saturated rings. The molecule has 1 aliphatic rings. The van der Waals surface area contributed by atoms with Crippen LogP contribution in [0.1, 0.15) is 72.3 Å². The lowest BCUT2D eigenvalue weighted by Crippen LogP contribution is -2.41. The van der Waals surface area contributed by atoms with Gasteiger partial charge in [-0.15, -0.1) is 0 Å². The summed E-state index contributed by atoms with van der Waals surface area (Å²) in [6, 6.07) is 17.6. The Morgan fingerprint density at radius 3 is 1.71 bits per heavy atom. The Bertz CT molecular complexity index is 731. The molecule has 0 radical (unpaired) electrons. The molecule has 1 heterocycles. The quantitative estimate of drug-likeness (QED) is 0.404. The van der Waals surface area contributed by atoms with E-state index in [2.05, 4.69) is 83.1 Å². The van der Waals surface area contributed by atoms with E-state index in [9.17, 15) is 0 Å². The first kappa shape index (κ1) is 21.1. The standard InChI is InChI=1S/C25H35BO2/c1-6-7-8-9-10-11-20-12-14-21(15-13-20)22-16-18-23(19-17-22)26-27-24(2,3)25(4,5)28-26/h12-19H,6-11H2,1-5H3. The van der Waals surface area contributed by atoms with Gasteiger partial charge < -0.3 is 9.31 Å². The molecule has 2 nitrogen and oxygen atoms in total. The van der Waals surface area contributed by atoms with Crippen LogP contribution >= 0.6 is 0 Å². The monoisotopic (exact) mass is 378 g/mol. The molecular weight excluding hydrogens is 343 g/mol. The highest BCUT2D eigenvalue weighted by atomic mass is 16.7. The number of rotatable bonds is 8. The van der Waals surface area contributed by atoms with Gasteiger partial charge in [0.1, 0.15) is 0 Å². The van der Waals surface area contributed by atoms with Gasteiger partial charge in [-0.1, -0.05) is 81.1 Å². The van der Waals surface area contributed by atoms with Crippen LogP contribution in [-0.4, -0.2) is 18.3 Å². The minimum Gasteiger partial charge on any atom is -0.399 e. The Morgan fingerprint density at radius 2 is 1.18 bits per heavy atom. The van der Waals surface area contributed by atoms with E-state index in [-0.39, 0.29) is 18.3 Å². The van der Waals surface area contributed by atoms with Gasteiger partial charge in [0, 0.05) is 0 Å². The number of unbranched alkanes of at least 4 members (excludes halogenated alkanes) is 4. The Hall–Kier alpha value is -1.58. The summed E-state index contributed by atoms with van der Waals surface area (Å²) in [6.07, 6.45) is 7.86. The van der Waals surface area contributed by atoms with Crippen molar-refractivity contribution in [3.05, 3.63) is 54.1 Å². The molecule has 1 aliphatic heterocycles. The second kappa shape index (κ2) is 8.84. The van der Waals surface area contributed by atoms with Crippen molar-refractivity contribution in [2.45, 2.75) is 84.3 Å². The molecule has 150 valence electrons. The first-order valence-electron chi connectivity index (χ1n) is 10.9. The van der Waals surface area contributed by atoms with E-state index in [1.807, 2.05) is 0 Å². The molecule has 0 atom stereocenters. The van der Waals surface area contributed by atoms with Crippen molar-refractivity contribution in [1.29, 1.82) is 0 Å². The zero-order chi connectivity index (χ0) is 20.2. The fraction of sp³-hybridized carbons (Fsp3) is 0.520. The van der Waals surface area contributed by atoms with E-state index in [0.29, 0.717) is 0 Å². The number of hydrogen-bond donors (Lipinski definition) is 0. The van der Waals surface area contributed by atoms with Crippen LogP contribution in [0.5, 0.6) is 0 Å². The molecule has 0 bridgehead atoms. The Labute approximate surface area is 171 Å². The maximum absolute atomic E-state index is 6.15. The Balaban J connectivity index is 1.59. The van der Waals surface area contributed by atoms with Gasteiger partial charge in [0.2, 0.25) is 0 Å². The smallest absolute Gasteiger partial charge is 0.399 e. The predicted octanol–water partition coefficient (Wildman–Crippen LogP) is 6.17. The van der Waals surface area contributed by atoms with Crippen LogP contribution < -0.4 is 5.46 Å². The zero-order valence-corrected chi connectivity index (χ0v) is 18.3. The van der Waals surface area contributed by atoms with E-state index < -0.39 is 0 Å². The number of benzene rings is 2. The molecule has 0 aromatic heterocycles. The second-order valence-electron chi connectivity index (χ2n) is 9.07. The lowest BCUT2D eigenvalue weighted by Gasteiger charge is -2.32. The first-order chi connectivity index (χ1) is 13.3. The average molecular weight is 378 g/mol. The van der Waals surface area contributed by atoms with Crippen molar-refractivity contribution in [2.75, 3.05) is 0 Å². The van der Waals surface area contributed by atoms with Crippen molar-refractivity contribution in [1.82, 2.24) is 0 Å². The van der Waals surface area contributed by atoms with Gasteiger partial charge in [0.25, 0.3) is 0 Å². The first-order valence-corrected chi connectivity index (χ1v) is 10.9. The largest absolute Gasteiger partial charge is 0.494 e. The molecule has 28 heavy (non-hydrogen) atoms. The van der Waals surface area contributed by atoms with Gasteiger partial charge in [-0.25, -0.2) is 0 Å². The second-order valence-corrected chi connectivity index (χ2v) is 9.07. The minimum atomic E-state index is -0.303. The highest BCUT2D eigenvalue weighted by Gasteiger charge is 2.51. The molecule has 0 amide bonds. The maximum Gasteiger partial charge on any atom is 0.494 e. The molecular formula is C25H35BO2. The lowest BCUT2D eigenvalue weighted by molar-refractivity contribution is 0.00578. The minimum absolute atomic E-state index is 0.297. The van der Waals surface area contributed by atoms with Crippen molar-refractivity contribution < 1.29 is 9.31 Å². The van der Waals surface area contributed by atoms with E-state index in [1.54, 1.807) is 0 Å². The van der Waals surface area contributed by atoms with Crippen molar-refractivity contribution in [3.8, 4) is 11.1 Å². The molecule has 2 aromatic carbocycles. The van der Waals surface area contributed by atoms with Crippen molar-refractivity contribution in [2.24, 2.45) is 0 Å². The topological polar surface area (TPSA) is 18.5 Å². The average Bonchev–Trinajstić information content (AvgIpc) is 2.90. The van der Waals surface area contributed by atoms with Crippen LogP contribution in [0, 0.1) is 0 Å². The fourth-order valence-electron chi connectivity index (χ4n) is 3.61. The van der Waals surface area contributed by atoms with E-state index in [0.717, 1.165) is 5.46 Å². The zero-order valence-electron chi connectivity index (χ0n) is 18.3. The van der Waals surface area contributed by atoms with E-state index in [4.69, 9.17) is 9.31 Å². The summed E-state index contributed by atoms with van der Waals surface area (Å²) in [5.41, 5.74) is 4.40. The molecule has 2 aromatic rings. The number of hydrogen-bond acceptors (Lipinski definition) is 2. The molecule has 3 rings (SSSR count). The normalized spacial score (nSPS) is 17.8. The van der Waals surface area contributed by atoms with Gasteiger partial charge >= 0.3 is 7.12 Å². The molecule has 3 heteroatoms. The molecule has 0 aliphatic carbocycles. The SMILES string of the molecule is CCCCCCCc1ccc(-c2ccc(B3OC(C)(C)C(C)(C)O3)cc2)cc1. The summed E-state index contributed by atoms with van der Waals surface area (Å²) in [4.78, 5) is 0. The summed E-state index contributed by atoms with van der Waals surface area (Å²) in [5.74, 6) is 0. The molecule has 0 spiro atoms. The lowest BCUT2D eigenvalue weighted by atomic mass is 9.78. The third-order valence-electron chi connectivity index (χ3n) is 6.29. The van der Waals surface area contributed by atoms with Crippen LogP contribution in [0.25, 0.3) is 11.1 Å². The highest BCUT2D eigenvalue weighted by molar-refractivity contribution is 6.62. The predicted molar refractivity (Wildman–Crippen MR) is 120 cm³/mol. The van der Waals surface area contributed by atoms with Crippen LogP contribution in [-0.2, 0) is 15.7 Å². The van der Waals surface area contributed by atoms with Gasteiger partial charge in [-0.2, -0.15) is 0 Å². The molecule has 0 saturated carbocycles. The number of aryl methyl sites for hydroxylation is 1. The van der Waals surface area contributed by atoms with Gasteiger partial charge in [-0.05, 0) is 62.7 Å². The van der Waals surface area contributed by atoms with Crippen LogP contribution in [0.4, 0.5) is 0 Å². The third-order valence-corrected chi connectivity index (χ3v) is 6.29. The van der Waals surface area contributed by atoms with Crippen LogP contribution in [0.2, 0.25) is 0 Å². The van der Waals surface area contributed by atoms with Gasteiger partial charge in [-0.3, -0.25) is 0 Å². The third kappa shape index (κ3) is 4.88. The molecule has 0 N–H and O–H groups in total. The summed E-state index contributed by atoms with van der Waals surface area (Å²) in [7, 11) is -0.297. The molecule has 1 saturated heterocycles. The maximum atomic E-state index is 6.15. The fourth-order valence-corrected chi connectivity index (χ4v) is 3.61. The summed E-state index contributed by atoms with van der Waals surface area (Å²) in [5, 5.41) is 0. The van der Waals surface area contributed by atoms with Gasteiger partial charge in [0.15, 0.2) is 0 Å². The van der Waals surface area contributed by atoms with E-state index in [1.165, 1.54) is 55.2 Å². The van der Waals surface area contributed by atoms with Gasteiger partial charge in [0.05, 0.1) is 11.2 Å². The van der Waals surface area contributed by atoms with Crippen LogP contribution in [0.15, 0.2) is 48.5 Å². The Morgan fingerprint density at radius 1 is 0.679 bits per heavy atom. The Kier molecular flexibility index (Phi) is 6.67. The summed E-state index contributed by atoms with van der Waals surface area (Å²) >= 11 is 0. The van der Waals surface area contributed by atoms with Crippen molar-refractivity contribution in [3.63, 3.8) is 0 Å². The molecule has 0 unspecified atom stereocenters. The van der Waals surface area contributed by atoms with E-state index >= 15 is 0 Å². The summed E-state index contributed by atoms with van der Waals surface area (Å²) in [6.45, 7) is 10.6. The van der Waals surface area contributed by atoms with Crippen LogP contribution in [0.3, 0.4) is 0 Å². The van der Waals surface area contributed by atoms with Crippen molar-refractivity contribution >= 4 is 12.6 Å². The highest BCUT2D eigenvalue weighted by Crippen LogP contribution is 2.36. The summed E-state index contributed by atoms with van der Waals surface area (Å²) < 4.78 is 12.3.